The molecule has 0 fully saturated rings. The van der Waals surface area contributed by atoms with Gasteiger partial charge in [-0.05, 0) is 24.0 Å². The third-order valence-corrected chi connectivity index (χ3v) is 4.09. The fourth-order valence-corrected chi connectivity index (χ4v) is 2.98. The first-order valence-corrected chi connectivity index (χ1v) is 7.29. The summed E-state index contributed by atoms with van der Waals surface area (Å²) in [7, 11) is 0. The Morgan fingerprint density at radius 1 is 1.29 bits per heavy atom. The van der Waals surface area contributed by atoms with Crippen LogP contribution in [0.3, 0.4) is 0 Å². The first-order valence-electron chi connectivity index (χ1n) is 7.29. The summed E-state index contributed by atoms with van der Waals surface area (Å²) in [6.45, 7) is 2.97. The normalized spacial score (nSPS) is 16.3. The standard InChI is InChI=1S/C16H19N3O2/c1-2-7-18-10-14(17)15(20)19(16(18)21)9-12-8-11-5-3-4-6-13(11)12/h3-6,10,12H,2,7-9,17H2,1H3. The summed E-state index contributed by atoms with van der Waals surface area (Å²) in [4.78, 5) is 24.5. The molecule has 0 amide bonds. The molecule has 21 heavy (non-hydrogen) atoms. The number of aryl methyl sites for hydroxylation is 1. The van der Waals surface area contributed by atoms with Crippen LogP contribution >= 0.6 is 0 Å². The summed E-state index contributed by atoms with van der Waals surface area (Å²) in [5, 5.41) is 0. The molecule has 0 aliphatic heterocycles. The van der Waals surface area contributed by atoms with Gasteiger partial charge in [0.1, 0.15) is 5.69 Å². The fraction of sp³-hybridized carbons (Fsp3) is 0.375. The van der Waals surface area contributed by atoms with Gasteiger partial charge in [0.05, 0.1) is 0 Å². The van der Waals surface area contributed by atoms with E-state index in [1.165, 1.54) is 26.5 Å². The van der Waals surface area contributed by atoms with E-state index in [9.17, 15) is 9.59 Å². The average Bonchev–Trinajstić information content (AvgIpc) is 2.45. The SMILES string of the molecule is CCCn1cc(N)c(=O)n(CC2Cc3ccccc32)c1=O. The number of nitrogen functional groups attached to an aromatic ring is 1. The largest absolute Gasteiger partial charge is 0.393 e. The van der Waals surface area contributed by atoms with Crippen LogP contribution in [0, 0.1) is 0 Å². The van der Waals surface area contributed by atoms with E-state index in [2.05, 4.69) is 12.1 Å². The maximum absolute atomic E-state index is 12.4. The van der Waals surface area contributed by atoms with Gasteiger partial charge in [-0.25, -0.2) is 4.79 Å². The lowest BCUT2D eigenvalue weighted by atomic mass is 9.77. The van der Waals surface area contributed by atoms with Crippen molar-refractivity contribution in [3.63, 3.8) is 0 Å². The summed E-state index contributed by atoms with van der Waals surface area (Å²) in [5.41, 5.74) is 7.78. The van der Waals surface area contributed by atoms with Gasteiger partial charge in [-0.1, -0.05) is 31.2 Å². The molecule has 0 bridgehead atoms. The number of nitrogens with two attached hydrogens (primary N) is 1. The molecule has 1 heterocycles. The Labute approximate surface area is 122 Å². The van der Waals surface area contributed by atoms with Crippen LogP contribution in [-0.4, -0.2) is 9.13 Å². The van der Waals surface area contributed by atoms with Gasteiger partial charge in [-0.2, -0.15) is 0 Å². The van der Waals surface area contributed by atoms with Crippen LogP contribution in [0.25, 0.3) is 0 Å². The van der Waals surface area contributed by atoms with Crippen LogP contribution in [0.2, 0.25) is 0 Å². The second-order valence-corrected chi connectivity index (χ2v) is 5.58. The van der Waals surface area contributed by atoms with E-state index in [0.29, 0.717) is 13.1 Å². The number of hydrogen-bond acceptors (Lipinski definition) is 3. The van der Waals surface area contributed by atoms with E-state index in [1.807, 2.05) is 19.1 Å². The topological polar surface area (TPSA) is 70.0 Å². The molecule has 2 aromatic rings. The van der Waals surface area contributed by atoms with Crippen molar-refractivity contribution in [1.82, 2.24) is 9.13 Å². The van der Waals surface area contributed by atoms with Crippen molar-refractivity contribution < 1.29 is 0 Å². The van der Waals surface area contributed by atoms with E-state index in [0.717, 1.165) is 12.8 Å². The van der Waals surface area contributed by atoms with Gasteiger partial charge in [-0.15, -0.1) is 0 Å². The molecular formula is C16H19N3O2. The first-order chi connectivity index (χ1) is 10.1. The van der Waals surface area contributed by atoms with Gasteiger partial charge in [0.15, 0.2) is 0 Å². The summed E-state index contributed by atoms with van der Waals surface area (Å²) in [6.07, 6.45) is 3.19. The minimum atomic E-state index is -0.378. The lowest BCUT2D eigenvalue weighted by molar-refractivity contribution is 0.463. The minimum absolute atomic E-state index is 0.135. The Kier molecular flexibility index (Phi) is 3.41. The van der Waals surface area contributed by atoms with Gasteiger partial charge in [0.25, 0.3) is 5.56 Å². The first kappa shape index (κ1) is 13.7. The van der Waals surface area contributed by atoms with E-state index in [1.54, 1.807) is 0 Å². The van der Waals surface area contributed by atoms with Crippen LogP contribution < -0.4 is 17.0 Å². The van der Waals surface area contributed by atoms with E-state index in [-0.39, 0.29) is 22.9 Å². The van der Waals surface area contributed by atoms with Crippen molar-refractivity contribution in [1.29, 1.82) is 0 Å². The quantitative estimate of drug-likeness (QED) is 0.921. The molecule has 1 atom stereocenters. The molecule has 5 heteroatoms. The molecule has 2 N–H and O–H groups in total. The fourth-order valence-electron chi connectivity index (χ4n) is 2.98. The zero-order chi connectivity index (χ0) is 15.0. The highest BCUT2D eigenvalue weighted by molar-refractivity contribution is 5.40. The molecule has 3 rings (SSSR count). The highest BCUT2D eigenvalue weighted by Crippen LogP contribution is 2.35. The molecule has 0 spiro atoms. The summed E-state index contributed by atoms with van der Waals surface area (Å²) < 4.78 is 2.81. The minimum Gasteiger partial charge on any atom is -0.393 e. The van der Waals surface area contributed by atoms with Crippen molar-refractivity contribution >= 4 is 5.69 Å². The van der Waals surface area contributed by atoms with Gasteiger partial charge in [0, 0.05) is 25.2 Å². The van der Waals surface area contributed by atoms with E-state index >= 15 is 0 Å². The second kappa shape index (κ2) is 5.24. The van der Waals surface area contributed by atoms with E-state index < -0.39 is 0 Å². The summed E-state index contributed by atoms with van der Waals surface area (Å²) in [6, 6.07) is 8.15. The number of fused-ring (bicyclic) bond motifs is 1. The maximum Gasteiger partial charge on any atom is 0.331 e. The Balaban J connectivity index is 1.97. The van der Waals surface area contributed by atoms with Gasteiger partial charge < -0.3 is 5.73 Å². The monoisotopic (exact) mass is 285 g/mol. The second-order valence-electron chi connectivity index (χ2n) is 5.58. The molecule has 1 unspecified atom stereocenters. The molecule has 1 aliphatic carbocycles. The van der Waals surface area contributed by atoms with Gasteiger partial charge in [0.2, 0.25) is 0 Å². The number of anilines is 1. The average molecular weight is 285 g/mol. The van der Waals surface area contributed by atoms with Gasteiger partial charge in [-0.3, -0.25) is 13.9 Å². The Morgan fingerprint density at radius 2 is 2.05 bits per heavy atom. The van der Waals surface area contributed by atoms with Crippen molar-refractivity contribution in [2.75, 3.05) is 5.73 Å². The number of hydrogen-bond donors (Lipinski definition) is 1. The predicted molar refractivity (Wildman–Crippen MR) is 82.6 cm³/mol. The number of benzene rings is 1. The zero-order valence-electron chi connectivity index (χ0n) is 12.1. The molecule has 0 radical (unpaired) electrons. The van der Waals surface area contributed by atoms with Crippen molar-refractivity contribution in [2.45, 2.75) is 38.8 Å². The Hall–Kier alpha value is -2.30. The van der Waals surface area contributed by atoms with Crippen LogP contribution in [0.5, 0.6) is 0 Å². The molecule has 1 aromatic carbocycles. The van der Waals surface area contributed by atoms with Crippen molar-refractivity contribution in [2.24, 2.45) is 0 Å². The summed E-state index contributed by atoms with van der Waals surface area (Å²) in [5.74, 6) is 0.225. The zero-order valence-corrected chi connectivity index (χ0v) is 12.1. The molecule has 110 valence electrons. The highest BCUT2D eigenvalue weighted by Gasteiger charge is 2.27. The van der Waals surface area contributed by atoms with Crippen LogP contribution in [0.4, 0.5) is 5.69 Å². The third-order valence-electron chi connectivity index (χ3n) is 4.09. The number of rotatable bonds is 4. The maximum atomic E-state index is 12.4. The predicted octanol–water partition coefficient (Wildman–Crippen LogP) is 1.34. The molecular weight excluding hydrogens is 266 g/mol. The van der Waals surface area contributed by atoms with Crippen LogP contribution in [0.1, 0.15) is 30.4 Å². The van der Waals surface area contributed by atoms with Gasteiger partial charge >= 0.3 is 5.69 Å². The molecule has 0 saturated heterocycles. The Bertz CT molecular complexity index is 789. The molecule has 1 aromatic heterocycles. The molecule has 0 saturated carbocycles. The van der Waals surface area contributed by atoms with Crippen LogP contribution in [-0.2, 0) is 19.5 Å². The third kappa shape index (κ3) is 2.28. The molecule has 5 nitrogen and oxygen atoms in total. The summed E-state index contributed by atoms with van der Waals surface area (Å²) >= 11 is 0. The van der Waals surface area contributed by atoms with E-state index in [4.69, 9.17) is 5.73 Å². The number of aromatic nitrogens is 2. The van der Waals surface area contributed by atoms with Crippen molar-refractivity contribution in [3.8, 4) is 0 Å². The lowest BCUT2D eigenvalue weighted by Gasteiger charge is -2.30. The molecule has 1 aliphatic rings. The van der Waals surface area contributed by atoms with Crippen molar-refractivity contribution in [3.05, 3.63) is 62.4 Å². The highest BCUT2D eigenvalue weighted by atomic mass is 16.2. The smallest absolute Gasteiger partial charge is 0.331 e. The number of nitrogens with zero attached hydrogens (tertiary/aromatic N) is 2. The Morgan fingerprint density at radius 3 is 2.76 bits per heavy atom. The van der Waals surface area contributed by atoms with Crippen LogP contribution in [0.15, 0.2) is 40.1 Å². The lowest BCUT2D eigenvalue weighted by Crippen LogP contribution is -2.43.